The molecule has 0 aromatic heterocycles. The van der Waals surface area contributed by atoms with Crippen molar-refractivity contribution in [2.45, 2.75) is 196 Å². The first-order valence-electron chi connectivity index (χ1n) is 23.0. The number of aliphatic hydroxyl groups excluding tert-OH is 10. The van der Waals surface area contributed by atoms with E-state index in [4.69, 9.17) is 37.9 Å². The average molecular weight is 887 g/mol. The summed E-state index contributed by atoms with van der Waals surface area (Å²) in [6.45, 7) is 8.91. The van der Waals surface area contributed by atoms with Crippen LogP contribution in [0, 0.1) is 46.3 Å². The van der Waals surface area contributed by atoms with Crippen LogP contribution in [0.15, 0.2) is 11.6 Å². The summed E-state index contributed by atoms with van der Waals surface area (Å²) in [5.74, 6) is 2.62. The Kier molecular flexibility index (Phi) is 12.9. The molecule has 4 aliphatic carbocycles. The zero-order valence-corrected chi connectivity index (χ0v) is 36.1. The summed E-state index contributed by atoms with van der Waals surface area (Å²) in [5.41, 5.74) is 1.52. The molecule has 0 radical (unpaired) electrons. The van der Waals surface area contributed by atoms with Gasteiger partial charge in [0.1, 0.15) is 67.1 Å². The summed E-state index contributed by atoms with van der Waals surface area (Å²) in [5, 5.41) is 106. The predicted molar refractivity (Wildman–Crippen MR) is 211 cm³/mol. The topological polar surface area (TPSA) is 276 Å². The summed E-state index contributed by atoms with van der Waals surface area (Å²) in [4.78, 5) is 0. The van der Waals surface area contributed by atoms with E-state index in [1.165, 1.54) is 5.57 Å². The van der Waals surface area contributed by atoms with Crippen molar-refractivity contribution in [3.05, 3.63) is 11.6 Å². The standard InChI is InChI=1S/C44H70O18/c1-18-7-12-44(55-17-18)19(2)28-25(62-44)14-24-22-6-5-20-13-21(8-10-42(20,3)23(22)9-11-43(24,28)4)56-41-35(53)36(30(48)27(16-46)58-41)59-40-34(52)32(50)37(38(54)61-40)60-39-33(51)31(49)29(47)26(15-45)57-39/h5,18-19,21-41,45-54H,6-17H2,1-4H3/t18-,19-,21-,22+,23-,24-,25-,26+,27+,28-,29+,30+,31-,32-,33+,34+,35+,36-,37+,38+,39-,40+,41+,42-,43-,44+/m0/s1. The maximum absolute atomic E-state index is 11.6. The molecule has 18 heteroatoms. The van der Waals surface area contributed by atoms with Crippen molar-refractivity contribution >= 4 is 0 Å². The minimum Gasteiger partial charge on any atom is -0.394 e. The van der Waals surface area contributed by atoms with Gasteiger partial charge in [-0.2, -0.15) is 0 Å². The van der Waals surface area contributed by atoms with Crippen molar-refractivity contribution in [2.75, 3.05) is 19.8 Å². The third-order valence-corrected chi connectivity index (χ3v) is 17.4. The van der Waals surface area contributed by atoms with Crippen molar-refractivity contribution in [1.29, 1.82) is 0 Å². The Morgan fingerprint density at radius 2 is 1.34 bits per heavy atom. The molecule has 5 heterocycles. The van der Waals surface area contributed by atoms with E-state index in [0.717, 1.165) is 51.6 Å². The third-order valence-electron chi connectivity index (χ3n) is 17.4. The van der Waals surface area contributed by atoms with Crippen molar-refractivity contribution < 1.29 is 89.0 Å². The highest BCUT2D eigenvalue weighted by Crippen LogP contribution is 2.70. The lowest BCUT2D eigenvalue weighted by Gasteiger charge is -2.58. The second-order valence-corrected chi connectivity index (χ2v) is 20.8. The van der Waals surface area contributed by atoms with E-state index in [0.29, 0.717) is 48.3 Å². The molecule has 354 valence electrons. The fourth-order valence-corrected chi connectivity index (χ4v) is 13.8. The first kappa shape index (κ1) is 46.1. The molecule has 0 amide bonds. The highest BCUT2D eigenvalue weighted by Gasteiger charge is 2.69. The molecule has 26 atom stereocenters. The van der Waals surface area contributed by atoms with Crippen LogP contribution >= 0.6 is 0 Å². The van der Waals surface area contributed by atoms with Gasteiger partial charge in [-0.1, -0.05) is 39.3 Å². The van der Waals surface area contributed by atoms with Gasteiger partial charge in [0.15, 0.2) is 30.9 Å². The molecule has 0 aromatic rings. The van der Waals surface area contributed by atoms with Gasteiger partial charge in [0, 0.05) is 12.3 Å². The van der Waals surface area contributed by atoms with Crippen LogP contribution in [0.5, 0.6) is 0 Å². The highest BCUT2D eigenvalue weighted by molar-refractivity contribution is 5.26. The molecule has 3 saturated carbocycles. The number of hydrogen-bond acceptors (Lipinski definition) is 18. The second-order valence-electron chi connectivity index (χ2n) is 20.8. The van der Waals surface area contributed by atoms with Crippen LogP contribution in [0.4, 0.5) is 0 Å². The fourth-order valence-electron chi connectivity index (χ4n) is 13.8. The van der Waals surface area contributed by atoms with E-state index < -0.39 is 111 Å². The van der Waals surface area contributed by atoms with Gasteiger partial charge in [-0.15, -0.1) is 0 Å². The van der Waals surface area contributed by atoms with Crippen LogP contribution in [0.3, 0.4) is 0 Å². The van der Waals surface area contributed by atoms with Crippen LogP contribution in [0.25, 0.3) is 0 Å². The lowest BCUT2D eigenvalue weighted by atomic mass is 9.47. The van der Waals surface area contributed by atoms with Crippen molar-refractivity contribution in [3.8, 4) is 0 Å². The maximum Gasteiger partial charge on any atom is 0.189 e. The Morgan fingerprint density at radius 3 is 2.03 bits per heavy atom. The summed E-state index contributed by atoms with van der Waals surface area (Å²) in [6.07, 6.45) is -14.7. The summed E-state index contributed by atoms with van der Waals surface area (Å²) in [7, 11) is 0. The molecule has 5 saturated heterocycles. The van der Waals surface area contributed by atoms with Crippen LogP contribution < -0.4 is 0 Å². The van der Waals surface area contributed by atoms with E-state index in [1.807, 2.05) is 0 Å². The number of ether oxygens (including phenoxy) is 8. The Morgan fingerprint density at radius 1 is 0.677 bits per heavy atom. The third kappa shape index (κ3) is 7.48. The molecule has 8 fully saturated rings. The predicted octanol–water partition coefficient (Wildman–Crippen LogP) is -0.856. The second kappa shape index (κ2) is 17.3. The maximum atomic E-state index is 11.6. The van der Waals surface area contributed by atoms with Gasteiger partial charge < -0.3 is 89.0 Å². The zero-order chi connectivity index (χ0) is 44.2. The first-order chi connectivity index (χ1) is 29.4. The van der Waals surface area contributed by atoms with E-state index in [-0.39, 0.29) is 23.0 Å². The molecule has 10 N–H and O–H groups in total. The van der Waals surface area contributed by atoms with Gasteiger partial charge in [-0.3, -0.25) is 0 Å². The molecule has 62 heavy (non-hydrogen) atoms. The quantitative estimate of drug-likeness (QED) is 0.133. The monoisotopic (exact) mass is 886 g/mol. The summed E-state index contributed by atoms with van der Waals surface area (Å²) < 4.78 is 47.8. The van der Waals surface area contributed by atoms with Crippen LogP contribution in [-0.4, -0.2) is 181 Å². The largest absolute Gasteiger partial charge is 0.394 e. The highest BCUT2D eigenvalue weighted by atomic mass is 16.8. The molecular formula is C44H70O18. The van der Waals surface area contributed by atoms with Crippen LogP contribution in [0.2, 0.25) is 0 Å². The molecule has 9 aliphatic rings. The molecule has 0 aromatic carbocycles. The number of hydrogen-bond donors (Lipinski definition) is 10. The van der Waals surface area contributed by atoms with E-state index in [9.17, 15) is 51.1 Å². The van der Waals surface area contributed by atoms with E-state index in [1.54, 1.807) is 0 Å². The van der Waals surface area contributed by atoms with Gasteiger partial charge in [0.05, 0.1) is 32.0 Å². The Hall–Kier alpha value is -0.980. The lowest BCUT2D eigenvalue weighted by Crippen LogP contribution is -2.66. The Balaban J connectivity index is 0.834. The first-order valence-corrected chi connectivity index (χ1v) is 23.0. The molecule has 5 aliphatic heterocycles. The van der Waals surface area contributed by atoms with Crippen molar-refractivity contribution in [3.63, 3.8) is 0 Å². The number of rotatable bonds is 8. The van der Waals surface area contributed by atoms with Crippen LogP contribution in [0.1, 0.15) is 85.5 Å². The van der Waals surface area contributed by atoms with Gasteiger partial charge in [0.2, 0.25) is 0 Å². The van der Waals surface area contributed by atoms with Gasteiger partial charge in [-0.25, -0.2) is 0 Å². The van der Waals surface area contributed by atoms with Crippen molar-refractivity contribution in [1.82, 2.24) is 0 Å². The SMILES string of the molecule is C[C@H]1CC[C@@]2(OC1)O[C@H]1C[C@H]3[C@@H]4CC=C5C[C@@H](O[C@@H]6O[C@H](CO)[C@@H](O)[C@H](O[C@@H]7O[C@@H](O)[C@H](O[C@@H]8O[C@H](CO)[C@@H](O)[C@H](O)[C@H]8O)[C@@H](O)[C@H]7O)[C@H]6O)CC[C@]5(C)[C@H]4CC[C@]3(C)[C@H]1[C@@H]2C. The zero-order valence-electron chi connectivity index (χ0n) is 36.1. The molecule has 9 rings (SSSR count). The lowest BCUT2D eigenvalue weighted by molar-refractivity contribution is -0.401. The molecule has 18 nitrogen and oxygen atoms in total. The number of fused-ring (bicyclic) bond motifs is 7. The molecule has 0 unspecified atom stereocenters. The minimum atomic E-state index is -2.05. The van der Waals surface area contributed by atoms with E-state index in [2.05, 4.69) is 33.8 Å². The van der Waals surface area contributed by atoms with Gasteiger partial charge >= 0.3 is 0 Å². The number of aliphatic hydroxyl groups is 10. The number of allylic oxidation sites excluding steroid dienone is 1. The van der Waals surface area contributed by atoms with Crippen LogP contribution in [-0.2, 0) is 37.9 Å². The molecule has 1 spiro atoms. The minimum absolute atomic E-state index is 0.0138. The van der Waals surface area contributed by atoms with E-state index >= 15 is 0 Å². The summed E-state index contributed by atoms with van der Waals surface area (Å²) in [6, 6.07) is 0. The van der Waals surface area contributed by atoms with Gasteiger partial charge in [0.25, 0.3) is 0 Å². The average Bonchev–Trinajstić information content (AvgIpc) is 3.70. The normalized spacial score (nSPS) is 57.6. The summed E-state index contributed by atoms with van der Waals surface area (Å²) >= 11 is 0. The van der Waals surface area contributed by atoms with Crippen molar-refractivity contribution in [2.24, 2.45) is 46.3 Å². The smallest absolute Gasteiger partial charge is 0.189 e. The Labute approximate surface area is 362 Å². The Bertz CT molecular complexity index is 1610. The fraction of sp³-hybridized carbons (Fsp3) is 0.955. The molecular weight excluding hydrogens is 816 g/mol. The van der Waals surface area contributed by atoms with Gasteiger partial charge in [-0.05, 0) is 91.8 Å². The molecule has 0 bridgehead atoms.